The van der Waals surface area contributed by atoms with Crippen molar-refractivity contribution in [2.24, 2.45) is 5.41 Å². The maximum atomic E-state index is 11.4. The monoisotopic (exact) mass is 290 g/mol. The van der Waals surface area contributed by atoms with Crippen LogP contribution in [0.25, 0.3) is 11.4 Å². The lowest BCUT2D eigenvalue weighted by molar-refractivity contribution is -0.149. The van der Waals surface area contributed by atoms with E-state index in [9.17, 15) is 9.90 Å². The quantitative estimate of drug-likeness (QED) is 0.873. The van der Waals surface area contributed by atoms with E-state index < -0.39 is 11.4 Å². The summed E-state index contributed by atoms with van der Waals surface area (Å²) in [5.41, 5.74) is -0.0963. The summed E-state index contributed by atoms with van der Waals surface area (Å²) in [7, 11) is 1.60. The molecule has 2 rings (SSSR count). The number of hydrogen-bond donors (Lipinski definition) is 1. The normalized spacial score (nSPS) is 13.7. The van der Waals surface area contributed by atoms with Crippen LogP contribution in [-0.4, -0.2) is 38.4 Å². The van der Waals surface area contributed by atoms with Gasteiger partial charge in [-0.1, -0.05) is 6.92 Å². The minimum atomic E-state index is -0.906. The van der Waals surface area contributed by atoms with Crippen molar-refractivity contribution in [1.29, 1.82) is 0 Å². The van der Waals surface area contributed by atoms with Crippen LogP contribution in [0.15, 0.2) is 24.3 Å². The molecule has 0 spiro atoms. The van der Waals surface area contributed by atoms with Crippen molar-refractivity contribution < 1.29 is 14.6 Å². The Morgan fingerprint density at radius 2 is 2.05 bits per heavy atom. The lowest BCUT2D eigenvalue weighted by Gasteiger charge is -2.22. The second kappa shape index (κ2) is 5.90. The molecular formula is C14H18N4O3. The molecule has 0 bridgehead atoms. The Hall–Kier alpha value is -2.44. The standard InChI is InChI=1S/C14H18N4O3/c1-4-14(2,13(19)20)9-18-12(15-16-17-18)10-5-7-11(21-3)8-6-10/h5-8H,4,9H2,1-3H3,(H,19,20). The van der Waals surface area contributed by atoms with E-state index in [2.05, 4.69) is 15.5 Å². The smallest absolute Gasteiger partial charge is 0.311 e. The molecule has 0 radical (unpaired) electrons. The fourth-order valence-corrected chi connectivity index (χ4v) is 1.92. The van der Waals surface area contributed by atoms with Crippen molar-refractivity contribution in [1.82, 2.24) is 20.2 Å². The molecule has 112 valence electrons. The van der Waals surface area contributed by atoms with Crippen molar-refractivity contribution in [3.8, 4) is 17.1 Å². The van der Waals surface area contributed by atoms with Crippen LogP contribution in [0, 0.1) is 5.41 Å². The Morgan fingerprint density at radius 1 is 1.38 bits per heavy atom. The first-order chi connectivity index (χ1) is 10.00. The number of nitrogens with zero attached hydrogens (tertiary/aromatic N) is 4. The number of aromatic nitrogens is 4. The summed E-state index contributed by atoms with van der Waals surface area (Å²) in [5.74, 6) is 0.418. The van der Waals surface area contributed by atoms with E-state index in [0.29, 0.717) is 12.2 Å². The minimum Gasteiger partial charge on any atom is -0.497 e. The van der Waals surface area contributed by atoms with Crippen molar-refractivity contribution in [3.05, 3.63) is 24.3 Å². The topological polar surface area (TPSA) is 90.1 Å². The molecule has 0 amide bonds. The largest absolute Gasteiger partial charge is 0.497 e. The zero-order chi connectivity index (χ0) is 15.5. The number of carbonyl (C=O) groups is 1. The number of tetrazole rings is 1. The van der Waals surface area contributed by atoms with Gasteiger partial charge in [0.05, 0.1) is 19.1 Å². The van der Waals surface area contributed by atoms with Crippen LogP contribution in [0.5, 0.6) is 5.75 Å². The highest BCUT2D eigenvalue weighted by molar-refractivity contribution is 5.74. The molecule has 21 heavy (non-hydrogen) atoms. The van der Waals surface area contributed by atoms with E-state index in [1.54, 1.807) is 14.0 Å². The average Bonchev–Trinajstić information content (AvgIpc) is 2.95. The Kier molecular flexibility index (Phi) is 4.21. The number of aliphatic carboxylic acids is 1. The van der Waals surface area contributed by atoms with Gasteiger partial charge >= 0.3 is 5.97 Å². The molecule has 1 aromatic carbocycles. The maximum absolute atomic E-state index is 11.4. The van der Waals surface area contributed by atoms with E-state index in [0.717, 1.165) is 11.3 Å². The van der Waals surface area contributed by atoms with Gasteiger partial charge in [0.1, 0.15) is 5.75 Å². The first kappa shape index (κ1) is 15.0. The summed E-state index contributed by atoms with van der Waals surface area (Å²) in [6.07, 6.45) is 0.490. The van der Waals surface area contributed by atoms with Crippen LogP contribution in [0.2, 0.25) is 0 Å². The lowest BCUT2D eigenvalue weighted by atomic mass is 9.88. The number of carboxylic acids is 1. The zero-order valence-electron chi connectivity index (χ0n) is 12.3. The van der Waals surface area contributed by atoms with Gasteiger partial charge in [-0.2, -0.15) is 0 Å². The Morgan fingerprint density at radius 3 is 2.57 bits per heavy atom. The number of rotatable bonds is 6. The third-order valence-electron chi connectivity index (χ3n) is 3.68. The predicted octanol–water partition coefficient (Wildman–Crippen LogP) is 1.85. The van der Waals surface area contributed by atoms with Crippen molar-refractivity contribution in [3.63, 3.8) is 0 Å². The molecule has 0 saturated heterocycles. The van der Waals surface area contributed by atoms with Gasteiger partial charge in [0, 0.05) is 5.56 Å². The number of hydrogen-bond acceptors (Lipinski definition) is 5. The molecule has 1 unspecified atom stereocenters. The summed E-state index contributed by atoms with van der Waals surface area (Å²) < 4.78 is 6.64. The van der Waals surface area contributed by atoms with E-state index in [4.69, 9.17) is 4.74 Å². The molecule has 7 nitrogen and oxygen atoms in total. The second-order valence-electron chi connectivity index (χ2n) is 5.11. The van der Waals surface area contributed by atoms with E-state index in [1.807, 2.05) is 31.2 Å². The predicted molar refractivity (Wildman–Crippen MR) is 75.8 cm³/mol. The SMILES string of the molecule is CCC(C)(Cn1nnnc1-c1ccc(OC)cc1)C(=O)O. The molecule has 0 fully saturated rings. The molecule has 1 aromatic heterocycles. The molecule has 0 aliphatic carbocycles. The van der Waals surface area contributed by atoms with E-state index in [1.165, 1.54) is 4.68 Å². The highest BCUT2D eigenvalue weighted by Gasteiger charge is 2.33. The molecule has 0 aliphatic heterocycles. The minimum absolute atomic E-state index is 0.215. The van der Waals surface area contributed by atoms with Gasteiger partial charge in [0.25, 0.3) is 0 Å². The lowest BCUT2D eigenvalue weighted by Crippen LogP contribution is -2.32. The molecule has 2 aromatic rings. The van der Waals surface area contributed by atoms with Gasteiger partial charge in [-0.25, -0.2) is 4.68 Å². The van der Waals surface area contributed by atoms with Crippen LogP contribution in [0.1, 0.15) is 20.3 Å². The molecular weight excluding hydrogens is 272 g/mol. The van der Waals surface area contributed by atoms with Crippen LogP contribution < -0.4 is 4.74 Å². The third kappa shape index (κ3) is 3.01. The molecule has 7 heteroatoms. The van der Waals surface area contributed by atoms with Gasteiger partial charge in [-0.05, 0) is 48.0 Å². The summed E-state index contributed by atoms with van der Waals surface area (Å²) in [5, 5.41) is 20.9. The third-order valence-corrected chi connectivity index (χ3v) is 3.68. The van der Waals surface area contributed by atoms with Crippen molar-refractivity contribution in [2.45, 2.75) is 26.8 Å². The first-order valence-electron chi connectivity index (χ1n) is 6.64. The molecule has 0 saturated carbocycles. The molecule has 1 atom stereocenters. The number of ether oxygens (including phenoxy) is 1. The van der Waals surface area contributed by atoms with Crippen LogP contribution >= 0.6 is 0 Å². The van der Waals surface area contributed by atoms with Crippen molar-refractivity contribution >= 4 is 5.97 Å². The fraction of sp³-hybridized carbons (Fsp3) is 0.429. The first-order valence-corrected chi connectivity index (χ1v) is 6.64. The Balaban J connectivity index is 2.31. The van der Waals surface area contributed by atoms with E-state index >= 15 is 0 Å². The molecule has 0 aliphatic rings. The van der Waals surface area contributed by atoms with Crippen LogP contribution in [0.4, 0.5) is 0 Å². The van der Waals surface area contributed by atoms with Crippen LogP contribution in [0.3, 0.4) is 0 Å². The van der Waals surface area contributed by atoms with Gasteiger partial charge in [0.2, 0.25) is 0 Å². The molecule has 1 heterocycles. The number of methoxy groups -OCH3 is 1. The zero-order valence-corrected chi connectivity index (χ0v) is 12.3. The fourth-order valence-electron chi connectivity index (χ4n) is 1.92. The Labute approximate surface area is 122 Å². The number of benzene rings is 1. The van der Waals surface area contributed by atoms with Gasteiger partial charge in [0.15, 0.2) is 5.82 Å². The maximum Gasteiger partial charge on any atom is 0.311 e. The number of carboxylic acid groups (broad SMARTS) is 1. The highest BCUT2D eigenvalue weighted by atomic mass is 16.5. The molecule has 1 N–H and O–H groups in total. The summed E-state index contributed by atoms with van der Waals surface area (Å²) >= 11 is 0. The van der Waals surface area contributed by atoms with Gasteiger partial charge in [-0.3, -0.25) is 4.79 Å². The highest BCUT2D eigenvalue weighted by Crippen LogP contribution is 2.26. The van der Waals surface area contributed by atoms with Crippen LogP contribution in [-0.2, 0) is 11.3 Å². The summed E-state index contributed by atoms with van der Waals surface area (Å²) in [6, 6.07) is 7.30. The van der Waals surface area contributed by atoms with E-state index in [-0.39, 0.29) is 6.54 Å². The average molecular weight is 290 g/mol. The summed E-state index contributed by atoms with van der Waals surface area (Å²) in [4.78, 5) is 11.4. The van der Waals surface area contributed by atoms with Crippen molar-refractivity contribution in [2.75, 3.05) is 7.11 Å². The Bertz CT molecular complexity index is 623. The second-order valence-corrected chi connectivity index (χ2v) is 5.11. The van der Waals surface area contributed by atoms with Gasteiger partial charge in [-0.15, -0.1) is 5.10 Å². The van der Waals surface area contributed by atoms with Gasteiger partial charge < -0.3 is 9.84 Å². The summed E-state index contributed by atoms with van der Waals surface area (Å²) in [6.45, 7) is 3.74.